The van der Waals surface area contributed by atoms with Gasteiger partial charge in [-0.05, 0) is 7.05 Å². The largest absolute Gasteiger partial charge is 0.348 e. The van der Waals surface area contributed by atoms with E-state index in [1.54, 1.807) is 12.5 Å². The molecule has 0 fully saturated rings. The van der Waals surface area contributed by atoms with E-state index in [0.29, 0.717) is 0 Å². The van der Waals surface area contributed by atoms with Crippen LogP contribution in [-0.4, -0.2) is 31.9 Å². The van der Waals surface area contributed by atoms with E-state index in [1.807, 2.05) is 19.4 Å². The maximum Gasteiger partial charge on any atom is 0.120 e. The summed E-state index contributed by atoms with van der Waals surface area (Å²) in [6, 6.07) is 0. The highest BCUT2D eigenvalue weighted by atomic mass is 15.1. The second kappa shape index (κ2) is 4.06. The van der Waals surface area contributed by atoms with Crippen molar-refractivity contribution in [2.24, 2.45) is 0 Å². The first-order valence-corrected chi connectivity index (χ1v) is 4.48. The third-order valence-electron chi connectivity index (χ3n) is 1.97. The molecule has 5 heteroatoms. The van der Waals surface area contributed by atoms with Crippen LogP contribution in [0.3, 0.4) is 0 Å². The van der Waals surface area contributed by atoms with Crippen LogP contribution in [0.25, 0.3) is 0 Å². The molecule has 2 aromatic rings. The highest BCUT2D eigenvalue weighted by Crippen LogP contribution is 2.01. The first kappa shape index (κ1) is 8.96. The van der Waals surface area contributed by atoms with Crippen molar-refractivity contribution in [2.45, 2.75) is 13.1 Å². The fraction of sp³-hybridized carbons (Fsp3) is 0.333. The van der Waals surface area contributed by atoms with Gasteiger partial charge >= 0.3 is 0 Å². The van der Waals surface area contributed by atoms with E-state index in [0.717, 1.165) is 24.6 Å². The van der Waals surface area contributed by atoms with Crippen LogP contribution >= 0.6 is 0 Å². The predicted octanol–water partition coefficient (Wildman–Crippen LogP) is 0.765. The Morgan fingerprint density at radius 1 is 1.36 bits per heavy atom. The molecule has 0 aliphatic carbocycles. The van der Waals surface area contributed by atoms with Crippen LogP contribution in [0.4, 0.5) is 0 Å². The molecule has 0 aromatic carbocycles. The second-order valence-electron chi connectivity index (χ2n) is 3.29. The van der Waals surface area contributed by atoms with Gasteiger partial charge in [-0.2, -0.15) is 0 Å². The maximum absolute atomic E-state index is 4.16. The van der Waals surface area contributed by atoms with E-state index >= 15 is 0 Å². The van der Waals surface area contributed by atoms with Crippen LogP contribution in [-0.2, 0) is 13.1 Å². The van der Waals surface area contributed by atoms with Gasteiger partial charge in [0, 0.05) is 30.8 Å². The number of nitrogens with one attached hydrogen (secondary N) is 2. The first-order chi connectivity index (χ1) is 6.84. The van der Waals surface area contributed by atoms with Gasteiger partial charge < -0.3 is 9.97 Å². The Morgan fingerprint density at radius 2 is 2.29 bits per heavy atom. The van der Waals surface area contributed by atoms with Gasteiger partial charge in [-0.1, -0.05) is 0 Å². The Morgan fingerprint density at radius 3 is 2.93 bits per heavy atom. The average molecular weight is 191 g/mol. The van der Waals surface area contributed by atoms with Gasteiger partial charge in [0.15, 0.2) is 0 Å². The van der Waals surface area contributed by atoms with Crippen LogP contribution < -0.4 is 0 Å². The third kappa shape index (κ3) is 2.20. The van der Waals surface area contributed by atoms with E-state index in [-0.39, 0.29) is 0 Å². The molecule has 0 saturated carbocycles. The summed E-state index contributed by atoms with van der Waals surface area (Å²) in [6.45, 7) is 1.66. The molecule has 5 nitrogen and oxygen atoms in total. The molecule has 0 aliphatic rings. The summed E-state index contributed by atoms with van der Waals surface area (Å²) in [5.41, 5.74) is 1.11. The number of nitrogens with zero attached hydrogens (tertiary/aromatic N) is 3. The zero-order valence-corrected chi connectivity index (χ0v) is 8.07. The van der Waals surface area contributed by atoms with Crippen molar-refractivity contribution in [3.63, 3.8) is 0 Å². The standard InChI is InChI=1S/C9H13N5/c1-14(5-8-4-10-7-13-8)6-9-11-2-3-12-9/h2-4,7H,5-6H2,1H3,(H,10,13)(H,11,12). The molecule has 0 saturated heterocycles. The van der Waals surface area contributed by atoms with Crippen molar-refractivity contribution in [3.8, 4) is 0 Å². The quantitative estimate of drug-likeness (QED) is 0.750. The zero-order valence-electron chi connectivity index (χ0n) is 8.07. The van der Waals surface area contributed by atoms with Crippen molar-refractivity contribution in [1.82, 2.24) is 24.8 Å². The van der Waals surface area contributed by atoms with Crippen molar-refractivity contribution in [3.05, 3.63) is 36.4 Å². The molecule has 2 N–H and O–H groups in total. The fourth-order valence-corrected chi connectivity index (χ4v) is 1.36. The lowest BCUT2D eigenvalue weighted by molar-refractivity contribution is 0.308. The van der Waals surface area contributed by atoms with Gasteiger partial charge in [-0.25, -0.2) is 9.97 Å². The smallest absolute Gasteiger partial charge is 0.120 e. The molecule has 0 aliphatic heterocycles. The highest BCUT2D eigenvalue weighted by Gasteiger charge is 2.03. The van der Waals surface area contributed by atoms with E-state index in [1.165, 1.54) is 0 Å². The Balaban J connectivity index is 1.88. The van der Waals surface area contributed by atoms with Gasteiger partial charge in [-0.15, -0.1) is 0 Å². The van der Waals surface area contributed by atoms with Crippen LogP contribution in [0.1, 0.15) is 11.5 Å². The number of aromatic nitrogens is 4. The van der Waals surface area contributed by atoms with Gasteiger partial charge in [-0.3, -0.25) is 4.90 Å². The summed E-state index contributed by atoms with van der Waals surface area (Å²) >= 11 is 0. The van der Waals surface area contributed by atoms with E-state index in [9.17, 15) is 0 Å². The summed E-state index contributed by atoms with van der Waals surface area (Å²) in [6.07, 6.45) is 7.12. The van der Waals surface area contributed by atoms with Crippen molar-refractivity contribution in [1.29, 1.82) is 0 Å². The molecule has 0 atom stereocenters. The Kier molecular flexibility index (Phi) is 2.60. The topological polar surface area (TPSA) is 60.6 Å². The highest BCUT2D eigenvalue weighted by molar-refractivity contribution is 4.94. The molecule has 0 amide bonds. The summed E-state index contributed by atoms with van der Waals surface area (Å²) in [5.74, 6) is 0.979. The number of hydrogen-bond acceptors (Lipinski definition) is 3. The van der Waals surface area contributed by atoms with Crippen LogP contribution in [0.15, 0.2) is 24.9 Å². The Hall–Kier alpha value is -1.62. The Bertz CT molecular complexity index is 314. The van der Waals surface area contributed by atoms with Gasteiger partial charge in [0.25, 0.3) is 0 Å². The van der Waals surface area contributed by atoms with Crippen LogP contribution in [0.2, 0.25) is 0 Å². The Labute approximate surface area is 82.2 Å². The fourth-order valence-electron chi connectivity index (χ4n) is 1.36. The molecule has 2 heterocycles. The molecule has 14 heavy (non-hydrogen) atoms. The number of rotatable bonds is 4. The van der Waals surface area contributed by atoms with Gasteiger partial charge in [0.1, 0.15) is 5.82 Å². The first-order valence-electron chi connectivity index (χ1n) is 4.48. The number of H-pyrrole nitrogens is 2. The minimum absolute atomic E-state index is 0.812. The lowest BCUT2D eigenvalue weighted by atomic mass is 10.4. The van der Waals surface area contributed by atoms with Gasteiger partial charge in [0.05, 0.1) is 12.9 Å². The zero-order chi connectivity index (χ0) is 9.80. The van der Waals surface area contributed by atoms with Crippen molar-refractivity contribution < 1.29 is 0 Å². The normalized spacial score (nSPS) is 11.0. The number of aromatic amines is 2. The second-order valence-corrected chi connectivity index (χ2v) is 3.29. The SMILES string of the molecule is CN(Cc1cnc[nH]1)Cc1ncc[nH]1. The minimum Gasteiger partial charge on any atom is -0.348 e. The number of hydrogen-bond donors (Lipinski definition) is 2. The molecule has 0 bridgehead atoms. The van der Waals surface area contributed by atoms with Crippen molar-refractivity contribution in [2.75, 3.05) is 7.05 Å². The molecule has 74 valence electrons. The summed E-state index contributed by atoms with van der Waals surface area (Å²) in [5, 5.41) is 0. The average Bonchev–Trinajstić information content (AvgIpc) is 2.76. The minimum atomic E-state index is 0.812. The summed E-state index contributed by atoms with van der Waals surface area (Å²) < 4.78 is 0. The van der Waals surface area contributed by atoms with E-state index in [2.05, 4.69) is 24.8 Å². The molecule has 0 spiro atoms. The summed E-state index contributed by atoms with van der Waals surface area (Å²) in [4.78, 5) is 16.4. The third-order valence-corrected chi connectivity index (χ3v) is 1.97. The molecular weight excluding hydrogens is 178 g/mol. The van der Waals surface area contributed by atoms with Crippen molar-refractivity contribution >= 4 is 0 Å². The predicted molar refractivity (Wildman–Crippen MR) is 52.3 cm³/mol. The van der Waals surface area contributed by atoms with Crippen LogP contribution in [0.5, 0.6) is 0 Å². The van der Waals surface area contributed by atoms with E-state index in [4.69, 9.17) is 0 Å². The molecule has 2 aromatic heterocycles. The summed E-state index contributed by atoms with van der Waals surface area (Å²) in [7, 11) is 2.04. The monoisotopic (exact) mass is 191 g/mol. The van der Waals surface area contributed by atoms with Gasteiger partial charge in [0.2, 0.25) is 0 Å². The van der Waals surface area contributed by atoms with E-state index < -0.39 is 0 Å². The number of imidazole rings is 2. The molecular formula is C9H13N5. The van der Waals surface area contributed by atoms with Crippen LogP contribution in [0, 0.1) is 0 Å². The maximum atomic E-state index is 4.16. The lowest BCUT2D eigenvalue weighted by Crippen LogP contribution is -2.18. The lowest BCUT2D eigenvalue weighted by Gasteiger charge is -2.13. The molecule has 0 radical (unpaired) electrons. The molecule has 2 rings (SSSR count). The molecule has 0 unspecified atom stereocenters.